The second kappa shape index (κ2) is 12.4. The Balaban J connectivity index is 0.00000324. The first-order valence-electron chi connectivity index (χ1n) is 11.2. The molecule has 0 bridgehead atoms. The number of ether oxygens (including phenoxy) is 2. The number of piperazine rings is 1. The topological polar surface area (TPSA) is 90.9 Å². The van der Waals surface area contributed by atoms with Gasteiger partial charge in [-0.25, -0.2) is 9.98 Å². The van der Waals surface area contributed by atoms with Crippen molar-refractivity contribution in [2.24, 2.45) is 4.99 Å². The predicted molar refractivity (Wildman–Crippen MR) is 145 cm³/mol. The highest BCUT2D eigenvalue weighted by Crippen LogP contribution is 2.21. The number of nitrogens with one attached hydrogen (secondary N) is 2. The molecule has 4 rings (SSSR count). The van der Waals surface area contributed by atoms with Gasteiger partial charge in [0.15, 0.2) is 11.8 Å². The van der Waals surface area contributed by atoms with E-state index in [9.17, 15) is 0 Å². The number of anilines is 1. The molecule has 0 aliphatic carbocycles. The zero-order valence-corrected chi connectivity index (χ0v) is 22.2. The molecule has 1 aliphatic heterocycles. The highest BCUT2D eigenvalue weighted by atomic mass is 127. The van der Waals surface area contributed by atoms with Crippen LogP contribution in [0.4, 0.5) is 5.69 Å². The van der Waals surface area contributed by atoms with Crippen molar-refractivity contribution in [3.63, 3.8) is 0 Å². The Morgan fingerprint density at radius 2 is 1.59 bits per heavy atom. The van der Waals surface area contributed by atoms with Crippen LogP contribution in [0, 0.1) is 0 Å². The minimum absolute atomic E-state index is 0. The lowest BCUT2D eigenvalue weighted by Crippen LogP contribution is -2.52. The molecule has 0 radical (unpaired) electrons. The maximum absolute atomic E-state index is 5.26. The van der Waals surface area contributed by atoms with Crippen LogP contribution in [-0.4, -0.2) is 73.0 Å². The molecule has 1 aliphatic rings. The predicted octanol–water partition coefficient (Wildman–Crippen LogP) is 3.39. The van der Waals surface area contributed by atoms with Crippen LogP contribution >= 0.6 is 24.0 Å². The summed E-state index contributed by atoms with van der Waals surface area (Å²) < 4.78 is 10.5. The van der Waals surface area contributed by atoms with Crippen molar-refractivity contribution in [2.75, 3.05) is 51.8 Å². The summed E-state index contributed by atoms with van der Waals surface area (Å²) in [5, 5.41) is 10.8. The molecule has 1 aromatic heterocycles. The van der Waals surface area contributed by atoms with Gasteiger partial charge in [-0.05, 0) is 55.5 Å². The molecule has 0 atom stereocenters. The van der Waals surface area contributed by atoms with Crippen LogP contribution in [0.25, 0.3) is 11.4 Å². The molecule has 1 saturated heterocycles. The number of aromatic amines is 1. The van der Waals surface area contributed by atoms with Gasteiger partial charge in [0.2, 0.25) is 0 Å². The fourth-order valence-electron chi connectivity index (χ4n) is 3.78. The van der Waals surface area contributed by atoms with Gasteiger partial charge in [0.1, 0.15) is 23.9 Å². The van der Waals surface area contributed by atoms with E-state index in [0.717, 1.165) is 61.6 Å². The lowest BCUT2D eigenvalue weighted by molar-refractivity contribution is 0.372. The summed E-state index contributed by atoms with van der Waals surface area (Å²) in [6.07, 6.45) is 0. The monoisotopic (exact) mass is 577 g/mol. The van der Waals surface area contributed by atoms with Crippen LogP contribution in [0.1, 0.15) is 12.7 Å². The summed E-state index contributed by atoms with van der Waals surface area (Å²) >= 11 is 0. The average molecular weight is 577 g/mol. The van der Waals surface area contributed by atoms with Gasteiger partial charge in [0.25, 0.3) is 0 Å². The molecule has 3 aromatic rings. The Morgan fingerprint density at radius 3 is 2.18 bits per heavy atom. The van der Waals surface area contributed by atoms with E-state index in [-0.39, 0.29) is 24.0 Å². The molecule has 2 heterocycles. The van der Waals surface area contributed by atoms with Gasteiger partial charge >= 0.3 is 0 Å². The van der Waals surface area contributed by atoms with Gasteiger partial charge in [-0.3, -0.25) is 5.10 Å². The Kier molecular flexibility index (Phi) is 9.37. The number of aromatic nitrogens is 3. The van der Waals surface area contributed by atoms with Crippen LogP contribution < -0.4 is 19.7 Å². The van der Waals surface area contributed by atoms with Gasteiger partial charge < -0.3 is 24.6 Å². The van der Waals surface area contributed by atoms with E-state index in [1.165, 1.54) is 5.69 Å². The lowest BCUT2D eigenvalue weighted by Gasteiger charge is -2.37. The first-order valence-corrected chi connectivity index (χ1v) is 11.2. The Labute approximate surface area is 217 Å². The van der Waals surface area contributed by atoms with E-state index < -0.39 is 0 Å². The summed E-state index contributed by atoms with van der Waals surface area (Å²) in [6, 6.07) is 15.9. The van der Waals surface area contributed by atoms with Gasteiger partial charge in [-0.1, -0.05) is 0 Å². The van der Waals surface area contributed by atoms with Crippen LogP contribution in [0.3, 0.4) is 0 Å². The maximum atomic E-state index is 5.26. The molecular weight excluding hydrogens is 545 g/mol. The van der Waals surface area contributed by atoms with Crippen LogP contribution in [0.15, 0.2) is 53.5 Å². The molecule has 1 fully saturated rings. The third-order valence-electron chi connectivity index (χ3n) is 5.61. The van der Waals surface area contributed by atoms with E-state index in [0.29, 0.717) is 12.4 Å². The number of rotatable bonds is 7. The average Bonchev–Trinajstić information content (AvgIpc) is 3.36. The molecule has 0 spiro atoms. The number of nitrogens with zero attached hydrogens (tertiary/aromatic N) is 5. The Bertz CT molecular complexity index is 1050. The number of aliphatic imine (C=N–C) groups is 1. The lowest BCUT2D eigenvalue weighted by atomic mass is 10.2. The fourth-order valence-corrected chi connectivity index (χ4v) is 3.78. The fraction of sp³-hybridized carbons (Fsp3) is 0.375. The highest BCUT2D eigenvalue weighted by Gasteiger charge is 2.20. The highest BCUT2D eigenvalue weighted by molar-refractivity contribution is 14.0. The number of hydrogen-bond donors (Lipinski definition) is 2. The van der Waals surface area contributed by atoms with Crippen LogP contribution in [0.2, 0.25) is 0 Å². The first kappa shape index (κ1) is 25.6. The minimum atomic E-state index is 0. The van der Waals surface area contributed by atoms with Gasteiger partial charge in [-0.15, -0.1) is 24.0 Å². The van der Waals surface area contributed by atoms with E-state index in [2.05, 4.69) is 49.4 Å². The van der Waals surface area contributed by atoms with Crippen molar-refractivity contribution < 1.29 is 9.47 Å². The van der Waals surface area contributed by atoms with Gasteiger partial charge in [0.05, 0.1) is 14.2 Å². The minimum Gasteiger partial charge on any atom is -0.497 e. The van der Waals surface area contributed by atoms with Crippen molar-refractivity contribution in [1.29, 1.82) is 0 Å². The maximum Gasteiger partial charge on any atom is 0.194 e. The van der Waals surface area contributed by atoms with Crippen molar-refractivity contribution in [1.82, 2.24) is 25.4 Å². The van der Waals surface area contributed by atoms with Crippen LogP contribution in [0.5, 0.6) is 11.5 Å². The van der Waals surface area contributed by atoms with Crippen molar-refractivity contribution in [3.8, 4) is 22.9 Å². The van der Waals surface area contributed by atoms with Crippen LogP contribution in [-0.2, 0) is 6.54 Å². The number of H-pyrrole nitrogens is 1. The van der Waals surface area contributed by atoms with Crippen molar-refractivity contribution in [3.05, 3.63) is 54.4 Å². The van der Waals surface area contributed by atoms with E-state index in [1.54, 1.807) is 14.2 Å². The molecule has 0 unspecified atom stereocenters. The molecule has 34 heavy (non-hydrogen) atoms. The molecule has 2 N–H and O–H groups in total. The summed E-state index contributed by atoms with van der Waals surface area (Å²) in [5.41, 5.74) is 2.15. The number of halogens is 1. The Morgan fingerprint density at radius 1 is 0.971 bits per heavy atom. The summed E-state index contributed by atoms with van der Waals surface area (Å²) in [4.78, 5) is 14.1. The summed E-state index contributed by atoms with van der Waals surface area (Å²) in [6.45, 7) is 6.98. The second-order valence-corrected chi connectivity index (χ2v) is 7.68. The summed E-state index contributed by atoms with van der Waals surface area (Å²) in [7, 11) is 3.34. The van der Waals surface area contributed by atoms with Crippen molar-refractivity contribution >= 4 is 35.6 Å². The number of benzene rings is 2. The standard InChI is InChI=1S/C24H31N7O2.HI/c1-4-25-24(31-15-13-30(14-16-31)19-7-11-21(33-3)12-8-19)26-17-22-27-23(29-28-22)18-5-9-20(32-2)10-6-18;/h5-12H,4,13-17H2,1-3H3,(H,25,26)(H,27,28,29);1H. The first-order chi connectivity index (χ1) is 16.2. The number of methoxy groups -OCH3 is 2. The molecule has 10 heteroatoms. The van der Waals surface area contributed by atoms with E-state index in [4.69, 9.17) is 14.5 Å². The molecule has 182 valence electrons. The zero-order chi connectivity index (χ0) is 23.0. The smallest absolute Gasteiger partial charge is 0.194 e. The van der Waals surface area contributed by atoms with Gasteiger partial charge in [-0.2, -0.15) is 5.10 Å². The van der Waals surface area contributed by atoms with Gasteiger partial charge in [0, 0.05) is 44.0 Å². The zero-order valence-electron chi connectivity index (χ0n) is 19.8. The molecule has 2 aromatic carbocycles. The number of guanidine groups is 1. The third kappa shape index (κ3) is 6.31. The quantitative estimate of drug-likeness (QED) is 0.253. The molecule has 0 amide bonds. The molecular formula is C24H32IN7O2. The SMILES string of the molecule is CCNC(=NCc1nc(-c2ccc(OC)cc2)n[nH]1)N1CCN(c2ccc(OC)cc2)CC1.I. The molecule has 0 saturated carbocycles. The van der Waals surface area contributed by atoms with Crippen molar-refractivity contribution in [2.45, 2.75) is 13.5 Å². The normalized spacial score (nSPS) is 13.9. The third-order valence-corrected chi connectivity index (χ3v) is 5.61. The number of hydrogen-bond acceptors (Lipinski definition) is 6. The van der Waals surface area contributed by atoms with E-state index in [1.807, 2.05) is 36.4 Å². The molecule has 9 nitrogen and oxygen atoms in total. The van der Waals surface area contributed by atoms with E-state index >= 15 is 0 Å². The second-order valence-electron chi connectivity index (χ2n) is 7.68. The Hall–Kier alpha value is -3.02. The largest absolute Gasteiger partial charge is 0.497 e. The summed E-state index contributed by atoms with van der Waals surface area (Å²) in [5.74, 6) is 3.96.